The van der Waals surface area contributed by atoms with E-state index in [1.807, 2.05) is 0 Å². The number of fused-ring (bicyclic) bond motifs is 3. The molecule has 3 aliphatic rings. The lowest BCUT2D eigenvalue weighted by Gasteiger charge is -2.21. The van der Waals surface area contributed by atoms with Crippen molar-refractivity contribution in [3.63, 3.8) is 0 Å². The normalized spacial score (nSPS) is 29.8. The van der Waals surface area contributed by atoms with E-state index in [0.29, 0.717) is 47.9 Å². The van der Waals surface area contributed by atoms with Crippen molar-refractivity contribution in [3.8, 4) is 11.1 Å². The van der Waals surface area contributed by atoms with Crippen molar-refractivity contribution in [2.75, 3.05) is 26.3 Å². The Morgan fingerprint density at radius 3 is 2.64 bits per heavy atom. The van der Waals surface area contributed by atoms with E-state index >= 15 is 0 Å². The number of sulfonamides is 1. The van der Waals surface area contributed by atoms with Crippen molar-refractivity contribution < 1.29 is 17.5 Å². The van der Waals surface area contributed by atoms with Gasteiger partial charge in [0.25, 0.3) is 0 Å². The minimum atomic E-state index is -3.68. The summed E-state index contributed by atoms with van der Waals surface area (Å²) in [6.45, 7) is 2.67. The van der Waals surface area contributed by atoms with Crippen LogP contribution in [0.3, 0.4) is 0 Å². The summed E-state index contributed by atoms with van der Waals surface area (Å²) < 4.78 is 47.7. The summed E-state index contributed by atoms with van der Waals surface area (Å²) >= 11 is 6.22. The summed E-state index contributed by atoms with van der Waals surface area (Å²) in [7, 11) is -3.68. The smallest absolute Gasteiger partial charge is 0.243 e. The predicted octanol–water partition coefficient (Wildman–Crippen LogP) is 4.05. The molecule has 2 aliphatic heterocycles. The van der Waals surface area contributed by atoms with Gasteiger partial charge in [-0.1, -0.05) is 29.8 Å². The first-order valence-electron chi connectivity index (χ1n) is 9.57. The van der Waals surface area contributed by atoms with Gasteiger partial charge in [0.05, 0.1) is 16.5 Å². The largest absolute Gasteiger partial charge is 0.381 e. The van der Waals surface area contributed by atoms with Gasteiger partial charge in [-0.15, -0.1) is 0 Å². The summed E-state index contributed by atoms with van der Waals surface area (Å²) in [6.07, 6.45) is 1.05. The molecule has 4 atom stereocenters. The van der Waals surface area contributed by atoms with E-state index in [-0.39, 0.29) is 9.92 Å². The zero-order valence-electron chi connectivity index (χ0n) is 15.2. The lowest BCUT2D eigenvalue weighted by molar-refractivity contribution is 0.158. The van der Waals surface area contributed by atoms with Crippen LogP contribution in [0.5, 0.6) is 0 Å². The van der Waals surface area contributed by atoms with Gasteiger partial charge in [-0.2, -0.15) is 4.31 Å². The lowest BCUT2D eigenvalue weighted by Crippen LogP contribution is -2.31. The topological polar surface area (TPSA) is 46.6 Å². The number of hydrogen-bond acceptors (Lipinski definition) is 3. The predicted molar refractivity (Wildman–Crippen MR) is 105 cm³/mol. The molecule has 5 rings (SSSR count). The Kier molecular flexibility index (Phi) is 4.51. The molecule has 0 radical (unpaired) electrons. The second-order valence-corrected chi connectivity index (χ2v) is 10.4. The van der Waals surface area contributed by atoms with Crippen LogP contribution in [0.25, 0.3) is 11.1 Å². The van der Waals surface area contributed by atoms with Crippen LogP contribution in [-0.2, 0) is 14.8 Å². The zero-order chi connectivity index (χ0) is 19.5. The second kappa shape index (κ2) is 6.80. The highest BCUT2D eigenvalue weighted by Crippen LogP contribution is 2.50. The van der Waals surface area contributed by atoms with E-state index < -0.39 is 15.8 Å². The summed E-state index contributed by atoms with van der Waals surface area (Å²) in [5, 5.41) is 0.201. The molecule has 0 N–H and O–H groups in total. The van der Waals surface area contributed by atoms with E-state index in [1.54, 1.807) is 28.6 Å². The molecule has 2 aromatic rings. The van der Waals surface area contributed by atoms with Crippen LogP contribution < -0.4 is 0 Å². The number of nitrogens with zero attached hydrogens (tertiary/aromatic N) is 1. The minimum Gasteiger partial charge on any atom is -0.381 e. The van der Waals surface area contributed by atoms with Crippen molar-refractivity contribution >= 4 is 21.6 Å². The summed E-state index contributed by atoms with van der Waals surface area (Å²) in [6, 6.07) is 10.9. The molecule has 0 aromatic heterocycles. The third-order valence-corrected chi connectivity index (χ3v) is 8.79. The maximum atomic E-state index is 13.5. The highest BCUT2D eigenvalue weighted by Gasteiger charge is 2.52. The molecular weight excluding hydrogens is 401 g/mol. The highest BCUT2D eigenvalue weighted by atomic mass is 35.5. The van der Waals surface area contributed by atoms with Crippen molar-refractivity contribution in [3.05, 3.63) is 53.3 Å². The standard InChI is InChI=1S/C21H21ClFNO3S/c22-20-8-15(23)5-6-16(20)17-3-1-2-4-21(17)28(25,26)24-9-13-7-14-11-27-12-19(14)18(13)10-24/h1-6,8,13-14,18-19H,7,9-12H2/t13-,14+,18+,19-/m0/s1. The molecule has 28 heavy (non-hydrogen) atoms. The van der Waals surface area contributed by atoms with E-state index in [0.717, 1.165) is 19.6 Å². The maximum Gasteiger partial charge on any atom is 0.243 e. The molecule has 2 heterocycles. The Bertz CT molecular complexity index is 1030. The molecule has 0 unspecified atom stereocenters. The lowest BCUT2D eigenvalue weighted by atomic mass is 9.91. The summed E-state index contributed by atoms with van der Waals surface area (Å²) in [5.41, 5.74) is 1.03. The van der Waals surface area contributed by atoms with Crippen molar-refractivity contribution in [1.82, 2.24) is 4.31 Å². The first kappa shape index (κ1) is 18.6. The monoisotopic (exact) mass is 421 g/mol. The maximum absolute atomic E-state index is 13.5. The molecule has 3 fully saturated rings. The van der Waals surface area contributed by atoms with Gasteiger partial charge in [0.15, 0.2) is 0 Å². The van der Waals surface area contributed by atoms with Crippen molar-refractivity contribution in [1.29, 1.82) is 0 Å². The van der Waals surface area contributed by atoms with E-state index in [4.69, 9.17) is 16.3 Å². The molecule has 2 aromatic carbocycles. The van der Waals surface area contributed by atoms with Crippen molar-refractivity contribution in [2.45, 2.75) is 11.3 Å². The molecule has 0 bridgehead atoms. The Hall–Kier alpha value is -1.47. The number of hydrogen-bond donors (Lipinski definition) is 0. The van der Waals surface area contributed by atoms with Crippen LogP contribution >= 0.6 is 11.6 Å². The van der Waals surface area contributed by atoms with Gasteiger partial charge in [0.2, 0.25) is 10.0 Å². The first-order chi connectivity index (χ1) is 13.4. The van der Waals surface area contributed by atoms with Gasteiger partial charge in [0.1, 0.15) is 5.82 Å². The molecule has 4 nitrogen and oxygen atoms in total. The molecule has 0 amide bonds. The quantitative estimate of drug-likeness (QED) is 0.751. The molecular formula is C21H21ClFNO3S. The summed E-state index contributed by atoms with van der Waals surface area (Å²) in [4.78, 5) is 0.225. The molecule has 148 valence electrons. The van der Waals surface area contributed by atoms with Crippen LogP contribution in [0.1, 0.15) is 6.42 Å². The number of benzene rings is 2. The Morgan fingerprint density at radius 1 is 1.00 bits per heavy atom. The number of halogens is 2. The summed E-state index contributed by atoms with van der Waals surface area (Å²) in [5.74, 6) is 1.41. The Morgan fingerprint density at radius 2 is 1.82 bits per heavy atom. The molecule has 1 aliphatic carbocycles. The van der Waals surface area contributed by atoms with Crippen LogP contribution in [0.4, 0.5) is 4.39 Å². The van der Waals surface area contributed by atoms with Crippen molar-refractivity contribution in [2.24, 2.45) is 23.7 Å². The molecule has 7 heteroatoms. The van der Waals surface area contributed by atoms with E-state index in [1.165, 1.54) is 18.2 Å². The highest BCUT2D eigenvalue weighted by molar-refractivity contribution is 7.89. The van der Waals surface area contributed by atoms with Gasteiger partial charge >= 0.3 is 0 Å². The van der Waals surface area contributed by atoms with Gasteiger partial charge in [-0.3, -0.25) is 0 Å². The number of ether oxygens (including phenoxy) is 1. The Labute approximate surface area is 169 Å². The average molecular weight is 422 g/mol. The van der Waals surface area contributed by atoms with E-state index in [2.05, 4.69) is 0 Å². The first-order valence-corrected chi connectivity index (χ1v) is 11.4. The van der Waals surface area contributed by atoms with Crippen LogP contribution in [0.2, 0.25) is 5.02 Å². The van der Waals surface area contributed by atoms with Crippen LogP contribution in [0.15, 0.2) is 47.4 Å². The second-order valence-electron chi connectivity index (χ2n) is 8.06. The fraction of sp³-hybridized carbons (Fsp3) is 0.429. The molecule has 0 spiro atoms. The third-order valence-electron chi connectivity index (χ3n) is 6.59. The fourth-order valence-electron chi connectivity index (χ4n) is 5.27. The van der Waals surface area contributed by atoms with Crippen LogP contribution in [-0.4, -0.2) is 39.0 Å². The Balaban J connectivity index is 1.50. The van der Waals surface area contributed by atoms with E-state index in [9.17, 15) is 12.8 Å². The average Bonchev–Trinajstić information content (AvgIpc) is 3.34. The molecule has 1 saturated carbocycles. The fourth-order valence-corrected chi connectivity index (χ4v) is 7.28. The van der Waals surface area contributed by atoms with Gasteiger partial charge < -0.3 is 4.74 Å². The molecule has 2 saturated heterocycles. The minimum absolute atomic E-state index is 0.201. The van der Waals surface area contributed by atoms with Gasteiger partial charge in [-0.25, -0.2) is 12.8 Å². The third kappa shape index (κ3) is 2.89. The number of rotatable bonds is 3. The zero-order valence-corrected chi connectivity index (χ0v) is 16.8. The SMILES string of the molecule is O=S(=O)(c1ccccc1-c1ccc(F)cc1Cl)N1C[C@@H]2C[C@@H]3COC[C@@H]3[C@@H]2C1. The van der Waals surface area contributed by atoms with Crippen LogP contribution in [0, 0.1) is 29.5 Å². The van der Waals surface area contributed by atoms with Gasteiger partial charge in [-0.05, 0) is 54.4 Å². The van der Waals surface area contributed by atoms with Gasteiger partial charge in [0, 0.05) is 30.8 Å².